The Morgan fingerprint density at radius 1 is 0.907 bits per heavy atom. The number of carbonyl (C=O) groups is 4. The van der Waals surface area contributed by atoms with Crippen molar-refractivity contribution in [3.63, 3.8) is 0 Å². The molecule has 2 N–H and O–H groups in total. The number of methoxy groups -OCH3 is 1. The molecule has 4 heterocycles. The molecular formula is C39H56BrN7O7. The highest BCUT2D eigenvalue weighted by atomic mass is 79.9. The maximum Gasteiger partial charge on any atom is 0.409 e. The molecule has 296 valence electrons. The summed E-state index contributed by atoms with van der Waals surface area (Å²) in [6, 6.07) is 14.0. The van der Waals surface area contributed by atoms with E-state index >= 15 is 0 Å². The minimum atomic E-state index is -0.286. The number of likely N-dealkylation sites (N-methyl/N-ethyl adjacent to an activating group) is 1. The predicted molar refractivity (Wildman–Crippen MR) is 209 cm³/mol. The molecule has 6 rings (SSSR count). The van der Waals surface area contributed by atoms with Crippen LogP contribution in [-0.4, -0.2) is 157 Å². The van der Waals surface area contributed by atoms with Crippen molar-refractivity contribution >= 4 is 45.6 Å². The molecule has 0 spiro atoms. The summed E-state index contributed by atoms with van der Waals surface area (Å²) < 4.78 is 5.40. The van der Waals surface area contributed by atoms with Crippen LogP contribution in [0.3, 0.4) is 0 Å². The first-order valence-corrected chi connectivity index (χ1v) is 19.8. The van der Waals surface area contributed by atoms with Crippen LogP contribution in [0.25, 0.3) is 0 Å². The Kier molecular flexibility index (Phi) is 15.0. The van der Waals surface area contributed by atoms with Gasteiger partial charge in [0.25, 0.3) is 5.91 Å². The fourth-order valence-electron chi connectivity index (χ4n) is 7.80. The van der Waals surface area contributed by atoms with Crippen molar-refractivity contribution in [2.75, 3.05) is 92.0 Å². The van der Waals surface area contributed by atoms with E-state index in [-0.39, 0.29) is 41.6 Å². The van der Waals surface area contributed by atoms with Crippen molar-refractivity contribution in [1.29, 1.82) is 0 Å². The van der Waals surface area contributed by atoms with E-state index in [4.69, 9.17) is 9.57 Å². The Hall–Kier alpha value is -3.92. The van der Waals surface area contributed by atoms with Crippen LogP contribution in [0.15, 0.2) is 46.9 Å². The molecule has 15 heteroatoms. The van der Waals surface area contributed by atoms with Gasteiger partial charge in [0, 0.05) is 89.6 Å². The summed E-state index contributed by atoms with van der Waals surface area (Å²) in [5, 5.41) is 13.9. The molecule has 3 saturated heterocycles. The lowest BCUT2D eigenvalue weighted by Gasteiger charge is -2.43. The zero-order chi connectivity index (χ0) is 38.8. The van der Waals surface area contributed by atoms with Crippen LogP contribution in [0.2, 0.25) is 0 Å². The number of phenols is 1. The number of rotatable bonds is 8. The van der Waals surface area contributed by atoms with Crippen molar-refractivity contribution in [2.24, 2.45) is 5.92 Å². The quantitative estimate of drug-likeness (QED) is 0.375. The molecule has 0 aromatic heterocycles. The first kappa shape index (κ1) is 41.2. The second-order valence-electron chi connectivity index (χ2n) is 14.6. The van der Waals surface area contributed by atoms with Gasteiger partial charge in [-0.2, -0.15) is 0 Å². The van der Waals surface area contributed by atoms with Crippen LogP contribution in [0.4, 0.5) is 15.3 Å². The second kappa shape index (κ2) is 19.6. The molecule has 0 saturated carbocycles. The summed E-state index contributed by atoms with van der Waals surface area (Å²) in [7, 11) is 4.54. The molecular weight excluding hydrogens is 758 g/mol. The number of likely N-dealkylation sites (tertiary alicyclic amines) is 2. The monoisotopic (exact) mass is 813 g/mol. The minimum absolute atomic E-state index is 0.0214. The molecule has 3 fully saturated rings. The summed E-state index contributed by atoms with van der Waals surface area (Å²) in [6.45, 7) is 9.51. The van der Waals surface area contributed by atoms with Crippen LogP contribution < -0.4 is 5.32 Å². The van der Waals surface area contributed by atoms with Gasteiger partial charge in [0.2, 0.25) is 5.91 Å². The molecule has 1 atom stereocenters. The van der Waals surface area contributed by atoms with Crippen molar-refractivity contribution in [2.45, 2.75) is 57.5 Å². The van der Waals surface area contributed by atoms with E-state index in [1.807, 2.05) is 47.1 Å². The zero-order valence-electron chi connectivity index (χ0n) is 32.0. The Labute approximate surface area is 327 Å². The number of halogens is 1. The van der Waals surface area contributed by atoms with Crippen LogP contribution in [-0.2, 0) is 32.0 Å². The van der Waals surface area contributed by atoms with Crippen molar-refractivity contribution in [3.8, 4) is 5.75 Å². The maximum absolute atomic E-state index is 13.0. The molecule has 4 aliphatic rings. The molecule has 0 radical (unpaired) electrons. The van der Waals surface area contributed by atoms with Crippen molar-refractivity contribution in [3.05, 3.63) is 58.1 Å². The summed E-state index contributed by atoms with van der Waals surface area (Å²) in [5.41, 5.74) is 3.11. The third-order valence-electron chi connectivity index (χ3n) is 11.1. The fourth-order valence-corrected chi connectivity index (χ4v) is 8.23. The van der Waals surface area contributed by atoms with Gasteiger partial charge in [0.15, 0.2) is 0 Å². The molecule has 14 nitrogen and oxygen atoms in total. The number of piperazine rings is 1. The Bertz CT molecular complexity index is 1590. The summed E-state index contributed by atoms with van der Waals surface area (Å²) in [4.78, 5) is 64.2. The number of hydrogen-bond donors (Lipinski definition) is 2. The third-order valence-corrected chi connectivity index (χ3v) is 11.8. The predicted octanol–water partition coefficient (Wildman–Crippen LogP) is 4.27. The number of benzene rings is 2. The molecule has 4 aliphatic heterocycles. The standard InChI is InChI=1S/C23H35BrN4O4.C16H21N3O3/c1-17(14-18-4-5-21(29)20(24)15-18)23(31)28-12-10-27(11-13-28)19-6-8-26(9-7-19)16-22(30)25(2)32-3;1-22-16(21)18-9-7-13(8-10-18)19-11-6-12-4-2-3-5-14(12)17-15(19)20/h4-5,15,17,19,29H,6-14,16H2,1-3H3;2-5,13H,6-11H2,1H3,(H,17,20)/t17-;/m1./s1. The van der Waals surface area contributed by atoms with Crippen molar-refractivity contribution < 1.29 is 33.9 Å². The first-order chi connectivity index (χ1) is 26.0. The van der Waals surface area contributed by atoms with Gasteiger partial charge in [0.1, 0.15) is 5.75 Å². The Morgan fingerprint density at radius 2 is 1.57 bits per heavy atom. The average molecular weight is 815 g/mol. The number of hydroxylamine groups is 2. The van der Waals surface area contributed by atoms with Crippen LogP contribution in [0.5, 0.6) is 5.75 Å². The zero-order valence-corrected chi connectivity index (χ0v) is 33.6. The summed E-state index contributed by atoms with van der Waals surface area (Å²) in [5.74, 6) is 0.295. The lowest BCUT2D eigenvalue weighted by atomic mass is 9.98. The van der Waals surface area contributed by atoms with Gasteiger partial charge >= 0.3 is 12.1 Å². The van der Waals surface area contributed by atoms with Gasteiger partial charge in [-0.1, -0.05) is 31.2 Å². The number of nitrogens with one attached hydrogen (secondary N) is 1. The van der Waals surface area contributed by atoms with Gasteiger partial charge < -0.3 is 29.9 Å². The summed E-state index contributed by atoms with van der Waals surface area (Å²) in [6.07, 6.45) is 4.90. The maximum atomic E-state index is 13.0. The van der Waals surface area contributed by atoms with E-state index in [9.17, 15) is 24.3 Å². The highest BCUT2D eigenvalue weighted by molar-refractivity contribution is 9.10. The number of ether oxygens (including phenoxy) is 1. The summed E-state index contributed by atoms with van der Waals surface area (Å²) >= 11 is 3.34. The number of amides is 5. The van der Waals surface area contributed by atoms with Gasteiger partial charge in [-0.05, 0) is 83.8 Å². The van der Waals surface area contributed by atoms with E-state index in [2.05, 4.69) is 37.1 Å². The molecule has 54 heavy (non-hydrogen) atoms. The second-order valence-corrected chi connectivity index (χ2v) is 15.4. The number of hydrogen-bond acceptors (Lipinski definition) is 9. The van der Waals surface area contributed by atoms with Gasteiger partial charge in [-0.25, -0.2) is 14.7 Å². The molecule has 2 aromatic carbocycles. The lowest BCUT2D eigenvalue weighted by Crippen LogP contribution is -2.55. The SMILES string of the molecule is COC(=O)N1CCC(N2CCc3ccccc3NC2=O)CC1.CON(C)C(=O)CN1CCC(N2CCN(C(=O)[C@H](C)Cc3ccc(O)c(Br)c3)CC2)CC1. The first-order valence-electron chi connectivity index (χ1n) is 19.0. The molecule has 0 aliphatic carbocycles. The minimum Gasteiger partial charge on any atom is -0.507 e. The van der Waals surface area contributed by atoms with Crippen LogP contribution >= 0.6 is 15.9 Å². The highest BCUT2D eigenvalue weighted by Gasteiger charge is 2.33. The van der Waals surface area contributed by atoms with Gasteiger partial charge in [-0.15, -0.1) is 0 Å². The normalized spacial score (nSPS) is 19.5. The smallest absolute Gasteiger partial charge is 0.409 e. The van der Waals surface area contributed by atoms with E-state index < -0.39 is 0 Å². The average Bonchev–Trinajstić information content (AvgIpc) is 3.37. The lowest BCUT2D eigenvalue weighted by molar-refractivity contribution is -0.170. The number of phenolic OH excluding ortho intramolecular Hbond substituents is 1. The number of urea groups is 1. The van der Waals surface area contributed by atoms with Gasteiger partial charge in [0.05, 0.1) is 25.2 Å². The van der Waals surface area contributed by atoms with Crippen molar-refractivity contribution in [1.82, 2.24) is 29.6 Å². The van der Waals surface area contributed by atoms with E-state index in [0.29, 0.717) is 43.1 Å². The topological polar surface area (TPSA) is 138 Å². The largest absolute Gasteiger partial charge is 0.507 e. The molecule has 5 amide bonds. The molecule has 0 bridgehead atoms. The molecule has 0 unspecified atom stereocenters. The van der Waals surface area contributed by atoms with Gasteiger partial charge in [-0.3, -0.25) is 24.2 Å². The number of piperidine rings is 2. The van der Waals surface area contributed by atoms with Crippen LogP contribution in [0, 0.1) is 5.92 Å². The number of fused-ring (bicyclic) bond motifs is 1. The number of aromatic hydroxyl groups is 1. The van der Waals surface area contributed by atoms with E-state index in [1.54, 1.807) is 18.0 Å². The number of anilines is 1. The van der Waals surface area contributed by atoms with Crippen LogP contribution in [0.1, 0.15) is 43.7 Å². The van der Waals surface area contributed by atoms with E-state index in [1.165, 1.54) is 24.8 Å². The number of para-hydroxylation sites is 1. The number of carbonyl (C=O) groups excluding carboxylic acids is 4. The molecule has 2 aromatic rings. The Balaban J connectivity index is 0.000000222. The third kappa shape index (κ3) is 10.9. The highest BCUT2D eigenvalue weighted by Crippen LogP contribution is 2.27. The Morgan fingerprint density at radius 3 is 2.22 bits per heavy atom. The number of nitrogens with zero attached hydrogens (tertiary/aromatic N) is 6. The van der Waals surface area contributed by atoms with E-state index in [0.717, 1.165) is 82.6 Å². The fraction of sp³-hybridized carbons (Fsp3) is 0.590.